The summed E-state index contributed by atoms with van der Waals surface area (Å²) < 4.78 is 28.6. The maximum atomic E-state index is 10.4. The Balaban J connectivity index is 3.34. The summed E-state index contributed by atoms with van der Waals surface area (Å²) in [4.78, 5) is 10.4. The molecule has 0 saturated carbocycles. The minimum absolute atomic E-state index is 0.0801. The second-order valence-electron chi connectivity index (χ2n) is 1.22. The molecule has 3 nitrogen and oxygen atoms in total. The summed E-state index contributed by atoms with van der Waals surface area (Å²) in [6.45, 7) is 2.94. The van der Waals surface area contributed by atoms with E-state index in [4.69, 9.17) is 4.11 Å². The van der Waals surface area contributed by atoms with Gasteiger partial charge < -0.3 is 9.47 Å². The van der Waals surface area contributed by atoms with E-state index in [1.807, 2.05) is 0 Å². The first-order valence-corrected chi connectivity index (χ1v) is 2.39. The summed E-state index contributed by atoms with van der Waals surface area (Å²) in [5.74, 6) is -0.593. The Hall–Kier alpha value is -0.830. The molecule has 0 fully saturated rings. The first-order chi connectivity index (χ1) is 5.45. The van der Waals surface area contributed by atoms with Crippen LogP contribution in [-0.2, 0) is 14.3 Å². The molecule has 0 atom stereocenters. The number of carbonyl (C=O) groups excluding carboxylic acids is 1. The van der Waals surface area contributed by atoms with Crippen LogP contribution in [0.3, 0.4) is 0 Å². The molecule has 0 aromatic heterocycles. The van der Waals surface area contributed by atoms with Crippen LogP contribution in [0.2, 0.25) is 0 Å². The molecule has 0 aliphatic carbocycles. The van der Waals surface area contributed by atoms with Crippen LogP contribution in [0.25, 0.3) is 0 Å². The van der Waals surface area contributed by atoms with Crippen LogP contribution >= 0.6 is 0 Å². The number of hydrogen-bond donors (Lipinski definition) is 0. The van der Waals surface area contributed by atoms with Crippen LogP contribution in [-0.4, -0.2) is 26.2 Å². The van der Waals surface area contributed by atoms with Gasteiger partial charge in [-0.25, -0.2) is 4.79 Å². The number of esters is 1. The van der Waals surface area contributed by atoms with Gasteiger partial charge in [0.25, 0.3) is 0 Å². The minimum atomic E-state index is -2.43. The monoisotopic (exact) mass is 133 g/mol. The molecule has 0 aromatic carbocycles. The Morgan fingerprint density at radius 3 is 3.22 bits per heavy atom. The molecular weight excluding hydrogens is 120 g/mol. The van der Waals surface area contributed by atoms with E-state index in [1.54, 1.807) is 0 Å². The van der Waals surface area contributed by atoms with E-state index in [-0.39, 0.29) is 13.2 Å². The summed E-state index contributed by atoms with van der Waals surface area (Å²) in [7, 11) is -2.43. The molecule has 0 saturated heterocycles. The van der Waals surface area contributed by atoms with Gasteiger partial charge in [-0.2, -0.15) is 0 Å². The summed E-state index contributed by atoms with van der Waals surface area (Å²) in [6, 6.07) is 0. The van der Waals surface area contributed by atoms with E-state index in [1.165, 1.54) is 0 Å². The molecule has 0 amide bonds. The van der Waals surface area contributed by atoms with Crippen molar-refractivity contribution < 1.29 is 18.4 Å². The van der Waals surface area contributed by atoms with Gasteiger partial charge in [0, 0.05) is 13.1 Å². The summed E-state index contributed by atoms with van der Waals surface area (Å²) >= 11 is 0. The van der Waals surface area contributed by atoms with Crippen LogP contribution in [0.4, 0.5) is 0 Å². The highest BCUT2D eigenvalue weighted by Gasteiger charge is 1.91. The van der Waals surface area contributed by atoms with Crippen molar-refractivity contribution in [2.75, 3.05) is 20.3 Å². The third-order valence-electron chi connectivity index (χ3n) is 0.596. The van der Waals surface area contributed by atoms with E-state index < -0.39 is 13.0 Å². The molecule has 0 aliphatic heterocycles. The topological polar surface area (TPSA) is 35.5 Å². The quantitative estimate of drug-likeness (QED) is 0.315. The zero-order chi connectivity index (χ0) is 9.61. The molecule has 0 aromatic rings. The van der Waals surface area contributed by atoms with E-state index >= 15 is 0 Å². The van der Waals surface area contributed by atoms with Gasteiger partial charge in [0.1, 0.15) is 6.61 Å². The van der Waals surface area contributed by atoms with Gasteiger partial charge in [-0.05, 0) is 0 Å². The lowest BCUT2D eigenvalue weighted by molar-refractivity contribution is -0.138. The van der Waals surface area contributed by atoms with Gasteiger partial charge in [0.15, 0.2) is 0 Å². The lowest BCUT2D eigenvalue weighted by Crippen LogP contribution is -2.06. The Kier molecular flexibility index (Phi) is 2.40. The maximum absolute atomic E-state index is 10.4. The van der Waals surface area contributed by atoms with Gasteiger partial charge in [-0.1, -0.05) is 6.58 Å². The molecule has 9 heavy (non-hydrogen) atoms. The standard InChI is InChI=1S/C6H10O3/c1-3-6(7)9-5-4-8-2/h3H,1,4-5H2,2H3/i2D3. The molecule has 0 radical (unpaired) electrons. The van der Waals surface area contributed by atoms with Crippen LogP contribution < -0.4 is 0 Å². The molecular formula is C6H10O3. The van der Waals surface area contributed by atoms with Gasteiger partial charge in [0.2, 0.25) is 0 Å². The SMILES string of the molecule is [2H]C([2H])([2H])OCCOC(=O)C=C. The van der Waals surface area contributed by atoms with Gasteiger partial charge in [-0.15, -0.1) is 0 Å². The third-order valence-corrected chi connectivity index (χ3v) is 0.596. The normalized spacial score (nSPS) is 14.9. The smallest absolute Gasteiger partial charge is 0.330 e. The van der Waals surface area contributed by atoms with Gasteiger partial charge >= 0.3 is 5.97 Å². The van der Waals surface area contributed by atoms with E-state index in [0.29, 0.717) is 0 Å². The number of rotatable bonds is 4. The Labute approximate surface area is 58.5 Å². The van der Waals surface area contributed by atoms with E-state index in [0.717, 1.165) is 6.08 Å². The van der Waals surface area contributed by atoms with Crippen LogP contribution in [0.1, 0.15) is 4.11 Å². The average Bonchev–Trinajstić information content (AvgIpc) is 1.96. The lowest BCUT2D eigenvalue weighted by atomic mass is 10.6. The number of carbonyl (C=O) groups is 1. The Morgan fingerprint density at radius 1 is 1.89 bits per heavy atom. The average molecular weight is 133 g/mol. The number of ether oxygens (including phenoxy) is 2. The summed E-state index contributed by atoms with van der Waals surface area (Å²) in [6.07, 6.45) is 0.995. The largest absolute Gasteiger partial charge is 0.460 e. The van der Waals surface area contributed by atoms with Crippen molar-refractivity contribution in [3.8, 4) is 0 Å². The highest BCUT2D eigenvalue weighted by atomic mass is 16.6. The van der Waals surface area contributed by atoms with Gasteiger partial charge in [0.05, 0.1) is 10.7 Å². The number of hydrogen-bond acceptors (Lipinski definition) is 3. The number of methoxy groups -OCH3 is 1. The van der Waals surface area contributed by atoms with Crippen molar-refractivity contribution in [3.63, 3.8) is 0 Å². The van der Waals surface area contributed by atoms with Crippen molar-refractivity contribution >= 4 is 5.97 Å². The van der Waals surface area contributed by atoms with Gasteiger partial charge in [-0.3, -0.25) is 0 Å². The fourth-order valence-corrected chi connectivity index (χ4v) is 0.243. The fourth-order valence-electron chi connectivity index (χ4n) is 0.243. The third kappa shape index (κ3) is 5.03. The van der Waals surface area contributed by atoms with E-state index in [2.05, 4.69) is 16.1 Å². The zero-order valence-corrected chi connectivity index (χ0v) is 4.92. The minimum Gasteiger partial charge on any atom is -0.460 e. The maximum Gasteiger partial charge on any atom is 0.330 e. The molecule has 0 N–H and O–H groups in total. The second-order valence-corrected chi connectivity index (χ2v) is 1.22. The summed E-state index contributed by atoms with van der Waals surface area (Å²) in [5, 5.41) is 0. The van der Waals surface area contributed by atoms with Crippen molar-refractivity contribution in [2.45, 2.75) is 0 Å². The highest BCUT2D eigenvalue weighted by molar-refractivity contribution is 5.81. The predicted molar refractivity (Wildman–Crippen MR) is 33.0 cm³/mol. The lowest BCUT2D eigenvalue weighted by Gasteiger charge is -1.98. The molecule has 0 heterocycles. The summed E-state index contributed by atoms with van der Waals surface area (Å²) in [5.41, 5.74) is 0. The second kappa shape index (κ2) is 5.31. The molecule has 0 spiro atoms. The predicted octanol–water partition coefficient (Wildman–Crippen LogP) is 0.362. The van der Waals surface area contributed by atoms with Crippen molar-refractivity contribution in [1.82, 2.24) is 0 Å². The van der Waals surface area contributed by atoms with E-state index in [9.17, 15) is 4.79 Å². The molecule has 0 rings (SSSR count). The first-order valence-electron chi connectivity index (χ1n) is 3.89. The molecule has 0 bridgehead atoms. The molecule has 0 aliphatic rings. The molecule has 52 valence electrons. The molecule has 0 unspecified atom stereocenters. The first kappa shape index (κ1) is 4.06. The van der Waals surface area contributed by atoms with Crippen LogP contribution in [0.5, 0.6) is 0 Å². The zero-order valence-electron chi connectivity index (χ0n) is 7.92. The van der Waals surface area contributed by atoms with Crippen LogP contribution in [0.15, 0.2) is 12.7 Å². The Morgan fingerprint density at radius 2 is 2.67 bits per heavy atom. The van der Waals surface area contributed by atoms with Crippen molar-refractivity contribution in [1.29, 1.82) is 0 Å². The highest BCUT2D eigenvalue weighted by Crippen LogP contribution is 1.78. The van der Waals surface area contributed by atoms with Crippen LogP contribution in [0, 0.1) is 0 Å². The molecule has 3 heteroatoms. The van der Waals surface area contributed by atoms with Crippen molar-refractivity contribution in [3.05, 3.63) is 12.7 Å². The van der Waals surface area contributed by atoms with Crippen molar-refractivity contribution in [2.24, 2.45) is 0 Å². The fraction of sp³-hybridized carbons (Fsp3) is 0.500. The Bertz CT molecular complexity index is 164.